The first kappa shape index (κ1) is 25.7. The van der Waals surface area contributed by atoms with Crippen LogP contribution in [0.1, 0.15) is 38.8 Å². The average Bonchev–Trinajstić information content (AvgIpc) is 3.09. The molecule has 3 aromatic rings. The fourth-order valence-corrected chi connectivity index (χ4v) is 4.06. The number of nitrogens with zero attached hydrogens (tertiary/aromatic N) is 1. The molecule has 4 rings (SSSR count). The molecule has 0 fully saturated rings. The Morgan fingerprint density at radius 2 is 1.70 bits per heavy atom. The number of hydrogen-bond acceptors (Lipinski definition) is 6. The van der Waals surface area contributed by atoms with E-state index in [0.717, 1.165) is 16.0 Å². The topological polar surface area (TPSA) is 105 Å². The van der Waals surface area contributed by atoms with E-state index in [-0.39, 0.29) is 28.5 Å². The minimum atomic E-state index is -0.632. The van der Waals surface area contributed by atoms with Gasteiger partial charge in [0.25, 0.3) is 17.7 Å². The molecule has 0 aliphatic carbocycles. The third-order valence-corrected chi connectivity index (χ3v) is 6.05. The van der Waals surface area contributed by atoms with Gasteiger partial charge in [0.1, 0.15) is 10.7 Å². The molecule has 2 N–H and O–H groups in total. The van der Waals surface area contributed by atoms with Crippen LogP contribution in [0.4, 0.5) is 17.1 Å². The highest BCUT2D eigenvalue weighted by molar-refractivity contribution is 6.53. The van der Waals surface area contributed by atoms with Crippen molar-refractivity contribution in [2.75, 3.05) is 22.1 Å². The molecule has 37 heavy (non-hydrogen) atoms. The Balaban J connectivity index is 1.55. The molecule has 0 saturated heterocycles. The van der Waals surface area contributed by atoms with Crippen molar-refractivity contribution in [2.24, 2.45) is 0 Å². The molecule has 0 atom stereocenters. The monoisotopic (exact) mass is 517 g/mol. The van der Waals surface area contributed by atoms with Crippen molar-refractivity contribution in [3.63, 3.8) is 0 Å². The molecule has 188 valence electrons. The lowest BCUT2D eigenvalue weighted by Crippen LogP contribution is -2.33. The summed E-state index contributed by atoms with van der Waals surface area (Å²) in [6.07, 6.45) is 0. The molecule has 1 aliphatic rings. The first-order valence-corrected chi connectivity index (χ1v) is 11.9. The molecule has 9 heteroatoms. The number of carbonyl (C=O) groups is 4. The van der Waals surface area contributed by atoms with E-state index in [4.69, 9.17) is 16.3 Å². The number of halogens is 1. The molecule has 3 aromatic carbocycles. The number of carbonyl (C=O) groups excluding carboxylic acids is 4. The third-order valence-electron chi connectivity index (χ3n) is 5.70. The Labute approximate surface area is 218 Å². The Hall–Kier alpha value is -4.43. The van der Waals surface area contributed by atoms with Gasteiger partial charge in [0, 0.05) is 11.3 Å². The summed E-state index contributed by atoms with van der Waals surface area (Å²) in [5.74, 6) is -2.26. The second-order valence-electron chi connectivity index (χ2n) is 8.35. The van der Waals surface area contributed by atoms with Crippen molar-refractivity contribution < 1.29 is 23.9 Å². The van der Waals surface area contributed by atoms with Crippen LogP contribution in [0.25, 0.3) is 0 Å². The second-order valence-corrected chi connectivity index (χ2v) is 8.73. The van der Waals surface area contributed by atoms with Crippen LogP contribution in [0.5, 0.6) is 0 Å². The number of para-hydroxylation sites is 1. The largest absolute Gasteiger partial charge is 0.462 e. The Bertz CT molecular complexity index is 1460. The third kappa shape index (κ3) is 5.24. The van der Waals surface area contributed by atoms with E-state index in [1.165, 1.54) is 6.07 Å². The fraction of sp³-hybridized carbons (Fsp3) is 0.143. The quantitative estimate of drug-likeness (QED) is 0.331. The van der Waals surface area contributed by atoms with Crippen LogP contribution in [0.2, 0.25) is 0 Å². The van der Waals surface area contributed by atoms with Crippen LogP contribution >= 0.6 is 11.6 Å². The van der Waals surface area contributed by atoms with Gasteiger partial charge in [-0.25, -0.2) is 9.69 Å². The SMILES string of the molecule is CCOC(=O)c1ccccc1NC(=O)c1cccc(NC2=C(Cl)C(=O)N(c3cc(C)ccc3C)C2=O)c1. The van der Waals surface area contributed by atoms with Gasteiger partial charge in [0.15, 0.2) is 0 Å². The summed E-state index contributed by atoms with van der Waals surface area (Å²) in [4.78, 5) is 52.3. The van der Waals surface area contributed by atoms with Gasteiger partial charge in [-0.15, -0.1) is 0 Å². The van der Waals surface area contributed by atoms with E-state index >= 15 is 0 Å². The maximum atomic E-state index is 13.2. The van der Waals surface area contributed by atoms with Crippen LogP contribution < -0.4 is 15.5 Å². The van der Waals surface area contributed by atoms with Gasteiger partial charge < -0.3 is 15.4 Å². The normalized spacial score (nSPS) is 13.1. The molecule has 1 aliphatic heterocycles. The first-order valence-electron chi connectivity index (χ1n) is 11.5. The van der Waals surface area contributed by atoms with Crippen LogP contribution in [0, 0.1) is 13.8 Å². The lowest BCUT2D eigenvalue weighted by Gasteiger charge is -2.18. The van der Waals surface area contributed by atoms with E-state index in [0.29, 0.717) is 17.1 Å². The number of rotatable bonds is 7. The standard InChI is InChI=1S/C28H24ClN3O5/c1-4-37-28(36)20-10-5-6-11-21(20)31-25(33)18-8-7-9-19(15-18)30-24-23(29)26(34)32(27(24)35)22-14-16(2)12-13-17(22)3/h5-15,30H,4H2,1-3H3,(H,31,33). The number of ether oxygens (including phenoxy) is 1. The highest BCUT2D eigenvalue weighted by Crippen LogP contribution is 2.32. The minimum Gasteiger partial charge on any atom is -0.462 e. The Kier molecular flexibility index (Phi) is 7.40. The summed E-state index contributed by atoms with van der Waals surface area (Å²) in [5, 5.41) is 5.36. The van der Waals surface area contributed by atoms with Gasteiger partial charge in [0.2, 0.25) is 0 Å². The molecule has 8 nitrogen and oxygen atoms in total. The molecule has 1 heterocycles. The average molecular weight is 518 g/mol. The number of anilines is 3. The maximum absolute atomic E-state index is 13.2. The molecule has 0 unspecified atom stereocenters. The van der Waals surface area contributed by atoms with Crippen LogP contribution in [-0.4, -0.2) is 30.3 Å². The van der Waals surface area contributed by atoms with Crippen molar-refractivity contribution in [3.05, 3.63) is 99.7 Å². The summed E-state index contributed by atoms with van der Waals surface area (Å²) in [6.45, 7) is 5.57. The van der Waals surface area contributed by atoms with Crippen molar-refractivity contribution in [1.29, 1.82) is 0 Å². The molecule has 0 spiro atoms. The highest BCUT2D eigenvalue weighted by Gasteiger charge is 2.39. The van der Waals surface area contributed by atoms with E-state index in [1.807, 2.05) is 19.1 Å². The number of imide groups is 1. The number of hydrogen-bond donors (Lipinski definition) is 2. The van der Waals surface area contributed by atoms with E-state index in [1.54, 1.807) is 62.4 Å². The van der Waals surface area contributed by atoms with Crippen LogP contribution in [-0.2, 0) is 14.3 Å². The van der Waals surface area contributed by atoms with Gasteiger partial charge >= 0.3 is 5.97 Å². The number of aryl methyl sites for hydroxylation is 2. The number of benzene rings is 3. The summed E-state index contributed by atoms with van der Waals surface area (Å²) >= 11 is 6.27. The van der Waals surface area contributed by atoms with Crippen molar-refractivity contribution in [1.82, 2.24) is 0 Å². The Morgan fingerprint density at radius 1 is 0.946 bits per heavy atom. The van der Waals surface area contributed by atoms with Crippen molar-refractivity contribution >= 4 is 52.4 Å². The van der Waals surface area contributed by atoms with Gasteiger partial charge in [-0.3, -0.25) is 14.4 Å². The molecular weight excluding hydrogens is 494 g/mol. The molecule has 0 aromatic heterocycles. The summed E-state index contributed by atoms with van der Waals surface area (Å²) in [5.41, 5.74) is 3.17. The molecule has 3 amide bonds. The lowest BCUT2D eigenvalue weighted by molar-refractivity contribution is -0.120. The van der Waals surface area contributed by atoms with Crippen LogP contribution in [0.15, 0.2) is 77.5 Å². The molecule has 0 bridgehead atoms. The zero-order chi connectivity index (χ0) is 26.7. The van der Waals surface area contributed by atoms with E-state index in [9.17, 15) is 19.2 Å². The Morgan fingerprint density at radius 3 is 2.46 bits per heavy atom. The first-order chi connectivity index (χ1) is 17.7. The van der Waals surface area contributed by atoms with Crippen molar-refractivity contribution in [3.8, 4) is 0 Å². The summed E-state index contributed by atoms with van der Waals surface area (Å²) < 4.78 is 5.05. The van der Waals surface area contributed by atoms with Crippen molar-refractivity contribution in [2.45, 2.75) is 20.8 Å². The molecule has 0 radical (unpaired) electrons. The zero-order valence-electron chi connectivity index (χ0n) is 20.4. The van der Waals surface area contributed by atoms with Gasteiger partial charge in [-0.2, -0.15) is 0 Å². The zero-order valence-corrected chi connectivity index (χ0v) is 21.2. The minimum absolute atomic E-state index is 0.0854. The maximum Gasteiger partial charge on any atom is 0.340 e. The second kappa shape index (κ2) is 10.7. The van der Waals surface area contributed by atoms with Gasteiger partial charge in [-0.1, -0.05) is 41.9 Å². The van der Waals surface area contributed by atoms with Gasteiger partial charge in [0.05, 0.1) is 23.5 Å². The predicted octanol–water partition coefficient (Wildman–Crippen LogP) is 5.17. The smallest absolute Gasteiger partial charge is 0.340 e. The summed E-state index contributed by atoms with van der Waals surface area (Å²) in [7, 11) is 0. The predicted molar refractivity (Wildman–Crippen MR) is 142 cm³/mol. The molecular formula is C28H24ClN3O5. The van der Waals surface area contributed by atoms with Gasteiger partial charge in [-0.05, 0) is 68.3 Å². The lowest BCUT2D eigenvalue weighted by atomic mass is 10.1. The number of esters is 1. The summed E-state index contributed by atoms with van der Waals surface area (Å²) in [6, 6.07) is 18.3. The highest BCUT2D eigenvalue weighted by atomic mass is 35.5. The van der Waals surface area contributed by atoms with Crippen LogP contribution in [0.3, 0.4) is 0 Å². The number of amides is 3. The number of nitrogens with one attached hydrogen (secondary N) is 2. The van der Waals surface area contributed by atoms with E-state index < -0.39 is 23.7 Å². The molecule has 0 saturated carbocycles. The fourth-order valence-electron chi connectivity index (χ4n) is 3.85. The van der Waals surface area contributed by atoms with E-state index in [2.05, 4.69) is 10.6 Å².